The van der Waals surface area contributed by atoms with Gasteiger partial charge in [-0.3, -0.25) is 9.13 Å². The van der Waals surface area contributed by atoms with E-state index in [0.29, 0.717) is 42.5 Å². The number of piperidine rings is 2. The molecule has 2 saturated heterocycles. The van der Waals surface area contributed by atoms with Crippen LogP contribution in [0.5, 0.6) is 11.8 Å². The van der Waals surface area contributed by atoms with Crippen molar-refractivity contribution in [1.29, 1.82) is 0 Å². The molecule has 5 aromatic rings. The molecule has 2 fully saturated rings. The van der Waals surface area contributed by atoms with Crippen molar-refractivity contribution in [2.24, 2.45) is 18.9 Å². The molecule has 2 aromatic heterocycles. The fourth-order valence-electron chi connectivity index (χ4n) is 7.56. The molecule has 0 unspecified atom stereocenters. The SMILES string of the molecule is Cn1c(=O)n(-c2ccc(OCc3ccccc3)nc2OCc2ccccc2)c2ccc(N3CCC(CC4CCN(C(=O)OC(C)(C)C)CC4)CC3)cc21. The molecule has 1 amide bonds. The molecule has 0 bridgehead atoms. The lowest BCUT2D eigenvalue weighted by Crippen LogP contribution is -2.42. The van der Waals surface area contributed by atoms with Gasteiger partial charge >= 0.3 is 11.8 Å². The predicted octanol–water partition coefficient (Wildman–Crippen LogP) is 8.14. The lowest BCUT2D eigenvalue weighted by molar-refractivity contribution is 0.0174. The van der Waals surface area contributed by atoms with Crippen LogP contribution in [0.3, 0.4) is 0 Å². The first-order valence-corrected chi connectivity index (χ1v) is 18.9. The number of hydrogen-bond donors (Lipinski definition) is 0. The quantitative estimate of drug-likeness (QED) is 0.144. The third-order valence-electron chi connectivity index (χ3n) is 10.5. The summed E-state index contributed by atoms with van der Waals surface area (Å²) in [6, 6.07) is 29.8. The second-order valence-corrected chi connectivity index (χ2v) is 15.4. The Kier molecular flexibility index (Phi) is 10.8. The molecule has 0 aliphatic carbocycles. The number of aryl methyl sites for hydroxylation is 1. The van der Waals surface area contributed by atoms with Gasteiger partial charge in [0, 0.05) is 45.0 Å². The first-order chi connectivity index (χ1) is 25.6. The van der Waals surface area contributed by atoms with Gasteiger partial charge in [0.1, 0.15) is 24.5 Å². The zero-order valence-electron chi connectivity index (χ0n) is 31.4. The molecule has 3 aromatic carbocycles. The van der Waals surface area contributed by atoms with Crippen LogP contribution < -0.4 is 20.1 Å². The summed E-state index contributed by atoms with van der Waals surface area (Å²) in [6.45, 7) is 9.93. The van der Waals surface area contributed by atoms with E-state index >= 15 is 0 Å². The summed E-state index contributed by atoms with van der Waals surface area (Å²) in [5.41, 5.74) is 4.73. The van der Waals surface area contributed by atoms with E-state index in [4.69, 9.17) is 19.2 Å². The Hall–Kier alpha value is -5.25. The zero-order valence-corrected chi connectivity index (χ0v) is 31.4. The number of carbonyl (C=O) groups is 1. The molecular formula is C43H51N5O5. The average Bonchev–Trinajstić information content (AvgIpc) is 3.42. The Balaban J connectivity index is 1.04. The maximum atomic E-state index is 13.9. The summed E-state index contributed by atoms with van der Waals surface area (Å²) in [6.07, 6.45) is 5.38. The minimum atomic E-state index is -0.464. The van der Waals surface area contributed by atoms with E-state index in [1.54, 1.807) is 15.2 Å². The smallest absolute Gasteiger partial charge is 0.410 e. The summed E-state index contributed by atoms with van der Waals surface area (Å²) in [7, 11) is 1.82. The first-order valence-electron chi connectivity index (χ1n) is 18.9. The lowest BCUT2D eigenvalue weighted by Gasteiger charge is -2.37. The van der Waals surface area contributed by atoms with Gasteiger partial charge in [-0.15, -0.1) is 0 Å². The van der Waals surface area contributed by atoms with E-state index in [-0.39, 0.29) is 11.8 Å². The van der Waals surface area contributed by atoms with Gasteiger partial charge in [-0.1, -0.05) is 60.7 Å². The van der Waals surface area contributed by atoms with Crippen LogP contribution >= 0.6 is 0 Å². The van der Waals surface area contributed by atoms with Crippen LogP contribution in [0.25, 0.3) is 16.7 Å². The van der Waals surface area contributed by atoms with Crippen LogP contribution in [-0.4, -0.2) is 56.9 Å². The highest BCUT2D eigenvalue weighted by atomic mass is 16.6. The maximum Gasteiger partial charge on any atom is 0.410 e. The van der Waals surface area contributed by atoms with E-state index in [2.05, 4.69) is 17.0 Å². The fraction of sp³-hybridized carbons (Fsp3) is 0.419. The summed E-state index contributed by atoms with van der Waals surface area (Å²) in [5, 5.41) is 0. The molecule has 2 aliphatic heterocycles. The fourth-order valence-corrected chi connectivity index (χ4v) is 7.56. The summed E-state index contributed by atoms with van der Waals surface area (Å²) in [5.74, 6) is 2.08. The molecule has 0 atom stereocenters. The van der Waals surface area contributed by atoms with E-state index in [9.17, 15) is 9.59 Å². The summed E-state index contributed by atoms with van der Waals surface area (Å²) < 4.78 is 21.3. The highest BCUT2D eigenvalue weighted by Crippen LogP contribution is 2.34. The number of ether oxygens (including phenoxy) is 3. The second-order valence-electron chi connectivity index (χ2n) is 15.4. The topological polar surface area (TPSA) is 91.1 Å². The minimum Gasteiger partial charge on any atom is -0.473 e. The predicted molar refractivity (Wildman–Crippen MR) is 208 cm³/mol. The van der Waals surface area contributed by atoms with Crippen molar-refractivity contribution in [3.8, 4) is 17.4 Å². The van der Waals surface area contributed by atoms with E-state index in [1.165, 1.54) is 6.42 Å². The molecule has 4 heterocycles. The largest absolute Gasteiger partial charge is 0.473 e. The van der Waals surface area contributed by atoms with Gasteiger partial charge in [0.2, 0.25) is 11.8 Å². The van der Waals surface area contributed by atoms with Crippen LogP contribution in [0.2, 0.25) is 0 Å². The molecule has 278 valence electrons. The summed E-state index contributed by atoms with van der Waals surface area (Å²) >= 11 is 0. The average molecular weight is 718 g/mol. The second kappa shape index (κ2) is 15.8. The Morgan fingerprint density at radius 2 is 1.36 bits per heavy atom. The van der Waals surface area contributed by atoms with Crippen LogP contribution in [-0.2, 0) is 25.0 Å². The molecule has 0 radical (unpaired) electrons. The highest BCUT2D eigenvalue weighted by molar-refractivity contribution is 5.82. The van der Waals surface area contributed by atoms with Crippen LogP contribution in [0.1, 0.15) is 64.0 Å². The van der Waals surface area contributed by atoms with Crippen molar-refractivity contribution in [3.63, 3.8) is 0 Å². The number of pyridine rings is 1. The highest BCUT2D eigenvalue weighted by Gasteiger charge is 2.30. The van der Waals surface area contributed by atoms with Crippen molar-refractivity contribution < 1.29 is 19.0 Å². The van der Waals surface area contributed by atoms with E-state index in [0.717, 1.165) is 79.7 Å². The Bertz CT molecular complexity index is 2050. The number of anilines is 1. The lowest BCUT2D eigenvalue weighted by atomic mass is 9.83. The van der Waals surface area contributed by atoms with Crippen molar-refractivity contribution in [3.05, 3.63) is 113 Å². The van der Waals surface area contributed by atoms with Crippen molar-refractivity contribution in [1.82, 2.24) is 19.0 Å². The van der Waals surface area contributed by atoms with Gasteiger partial charge in [-0.2, -0.15) is 4.98 Å². The number of nitrogens with zero attached hydrogens (tertiary/aromatic N) is 5. The van der Waals surface area contributed by atoms with Gasteiger partial charge in [0.25, 0.3) is 0 Å². The number of carbonyl (C=O) groups excluding carboxylic acids is 1. The molecule has 10 nitrogen and oxygen atoms in total. The maximum absolute atomic E-state index is 13.9. The third kappa shape index (κ3) is 8.70. The van der Waals surface area contributed by atoms with Gasteiger partial charge < -0.3 is 24.0 Å². The normalized spacial score (nSPS) is 15.8. The number of aromatic nitrogens is 3. The molecule has 53 heavy (non-hydrogen) atoms. The van der Waals surface area contributed by atoms with Crippen LogP contribution in [0, 0.1) is 11.8 Å². The Morgan fingerprint density at radius 3 is 1.98 bits per heavy atom. The third-order valence-corrected chi connectivity index (χ3v) is 10.5. The zero-order chi connectivity index (χ0) is 37.0. The molecule has 0 saturated carbocycles. The van der Waals surface area contributed by atoms with E-state index in [1.807, 2.05) is 106 Å². The first kappa shape index (κ1) is 36.1. The number of amides is 1. The van der Waals surface area contributed by atoms with Crippen LogP contribution in [0.15, 0.2) is 95.8 Å². The molecule has 0 spiro atoms. The molecule has 7 rings (SSSR count). The van der Waals surface area contributed by atoms with Crippen molar-refractivity contribution in [2.75, 3.05) is 31.1 Å². The van der Waals surface area contributed by atoms with Gasteiger partial charge in [0.15, 0.2) is 0 Å². The monoisotopic (exact) mass is 717 g/mol. The van der Waals surface area contributed by atoms with Gasteiger partial charge in [-0.25, -0.2) is 9.59 Å². The van der Waals surface area contributed by atoms with Gasteiger partial charge in [0.05, 0.1) is 11.0 Å². The minimum absolute atomic E-state index is 0.169. The van der Waals surface area contributed by atoms with E-state index < -0.39 is 5.60 Å². The number of rotatable bonds is 10. The van der Waals surface area contributed by atoms with Crippen molar-refractivity contribution in [2.45, 2.75) is 71.7 Å². The van der Waals surface area contributed by atoms with Crippen LogP contribution in [0.4, 0.5) is 10.5 Å². The van der Waals surface area contributed by atoms with Gasteiger partial charge in [-0.05, 0) is 100 Å². The number of hydrogen-bond acceptors (Lipinski definition) is 7. The number of benzene rings is 3. The molecular weight excluding hydrogens is 667 g/mol. The summed E-state index contributed by atoms with van der Waals surface area (Å²) in [4.78, 5) is 35.5. The molecule has 10 heteroatoms. The molecule has 2 aliphatic rings. The number of imidazole rings is 1. The molecule has 0 N–H and O–H groups in total. The Morgan fingerprint density at radius 1 is 0.755 bits per heavy atom. The number of fused-ring (bicyclic) bond motifs is 1. The Labute approximate surface area is 311 Å². The standard InChI is InChI=1S/C43H51N5O5/c1-43(2,3)53-42(50)47-25-21-32(22-26-47)27-31-19-23-46(24-20-31)35-15-16-36-38(28-35)45(4)41(49)48(36)37-17-18-39(51-29-33-11-7-5-8-12-33)44-40(37)52-30-34-13-9-6-10-14-34/h5-18,28,31-32H,19-27,29-30H2,1-4H3. The van der Waals surface area contributed by atoms with Crippen molar-refractivity contribution >= 4 is 22.8 Å². The number of likely N-dealkylation sites (tertiary alicyclic amines) is 1.